The number of amides is 1. The largest absolute Gasteiger partial charge is 0.444 e. The molecule has 188 valence electrons. The predicted molar refractivity (Wildman–Crippen MR) is 135 cm³/mol. The van der Waals surface area contributed by atoms with Crippen molar-refractivity contribution >= 4 is 33.0 Å². The van der Waals surface area contributed by atoms with Crippen LogP contribution in [0.3, 0.4) is 0 Å². The van der Waals surface area contributed by atoms with Crippen molar-refractivity contribution in [3.05, 3.63) is 47.9 Å². The van der Waals surface area contributed by atoms with Crippen molar-refractivity contribution in [3.8, 4) is 0 Å². The molecule has 0 bridgehead atoms. The number of rotatable bonds is 3. The number of hydrogen-bond acceptors (Lipinski definition) is 7. The van der Waals surface area contributed by atoms with E-state index in [4.69, 9.17) is 4.74 Å². The molecule has 3 heterocycles. The Morgan fingerprint density at radius 2 is 1.69 bits per heavy atom. The highest BCUT2D eigenvalue weighted by Gasteiger charge is 2.36. The molecule has 1 fully saturated rings. The van der Waals surface area contributed by atoms with E-state index in [9.17, 15) is 13.2 Å². The number of carbonyl (C=O) groups is 1. The maximum absolute atomic E-state index is 13.4. The van der Waals surface area contributed by atoms with Crippen molar-refractivity contribution in [2.75, 3.05) is 18.0 Å². The van der Waals surface area contributed by atoms with Crippen LogP contribution in [0, 0.1) is 13.8 Å². The Morgan fingerprint density at radius 1 is 1.03 bits per heavy atom. The summed E-state index contributed by atoms with van der Waals surface area (Å²) in [6.45, 7) is 14.3. The van der Waals surface area contributed by atoms with Gasteiger partial charge in [-0.25, -0.2) is 27.2 Å². The number of fused-ring (bicyclic) bond motifs is 1. The number of aromatic nitrogens is 3. The van der Waals surface area contributed by atoms with Gasteiger partial charge in [0.15, 0.2) is 5.65 Å². The first-order chi connectivity index (χ1) is 16.3. The van der Waals surface area contributed by atoms with E-state index in [0.717, 1.165) is 11.1 Å². The van der Waals surface area contributed by atoms with Crippen LogP contribution in [-0.4, -0.2) is 64.1 Å². The molecule has 0 N–H and O–H groups in total. The van der Waals surface area contributed by atoms with E-state index in [2.05, 4.69) is 14.9 Å². The first-order valence-electron chi connectivity index (χ1n) is 11.7. The van der Waals surface area contributed by atoms with E-state index in [1.165, 1.54) is 10.3 Å². The molecule has 1 amide bonds. The van der Waals surface area contributed by atoms with E-state index in [1.807, 2.05) is 48.5 Å². The molecule has 10 heteroatoms. The van der Waals surface area contributed by atoms with E-state index >= 15 is 0 Å². The van der Waals surface area contributed by atoms with Crippen LogP contribution in [-0.2, 0) is 14.8 Å². The maximum atomic E-state index is 13.4. The van der Waals surface area contributed by atoms with E-state index in [-0.39, 0.29) is 23.1 Å². The van der Waals surface area contributed by atoms with Gasteiger partial charge in [-0.05, 0) is 66.2 Å². The Labute approximate surface area is 206 Å². The fourth-order valence-electron chi connectivity index (χ4n) is 4.41. The Kier molecular flexibility index (Phi) is 6.29. The fourth-order valence-corrected chi connectivity index (χ4v) is 5.78. The van der Waals surface area contributed by atoms with Gasteiger partial charge in [-0.1, -0.05) is 17.7 Å². The average Bonchev–Trinajstić information content (AvgIpc) is 3.12. The van der Waals surface area contributed by atoms with E-state index in [1.54, 1.807) is 35.4 Å². The van der Waals surface area contributed by atoms with Crippen LogP contribution in [0.5, 0.6) is 0 Å². The van der Waals surface area contributed by atoms with Gasteiger partial charge in [-0.2, -0.15) is 0 Å². The van der Waals surface area contributed by atoms with Crippen LogP contribution in [0.1, 0.15) is 45.7 Å². The zero-order chi connectivity index (χ0) is 25.7. The molecule has 2 unspecified atom stereocenters. The molecule has 1 aliphatic rings. The fraction of sp³-hybridized carbons (Fsp3) is 0.480. The Morgan fingerprint density at radius 3 is 2.31 bits per heavy atom. The van der Waals surface area contributed by atoms with Crippen LogP contribution in [0.2, 0.25) is 0 Å². The summed E-state index contributed by atoms with van der Waals surface area (Å²) in [7, 11) is -3.83. The van der Waals surface area contributed by atoms with Crippen molar-refractivity contribution in [2.24, 2.45) is 0 Å². The second kappa shape index (κ2) is 8.82. The number of anilines is 1. The Balaban J connectivity index is 1.71. The normalized spacial score (nSPS) is 19.3. The summed E-state index contributed by atoms with van der Waals surface area (Å²) in [5, 5.41) is 0.688. The minimum Gasteiger partial charge on any atom is -0.444 e. The van der Waals surface area contributed by atoms with E-state index in [0.29, 0.717) is 29.9 Å². The summed E-state index contributed by atoms with van der Waals surface area (Å²) in [6.07, 6.45) is 2.66. The monoisotopic (exact) mass is 499 g/mol. The first kappa shape index (κ1) is 25.0. The molecule has 9 nitrogen and oxygen atoms in total. The van der Waals surface area contributed by atoms with Crippen molar-refractivity contribution < 1.29 is 17.9 Å². The lowest BCUT2D eigenvalue weighted by atomic mass is 10.1. The maximum Gasteiger partial charge on any atom is 0.410 e. The van der Waals surface area contributed by atoms with Gasteiger partial charge in [0.05, 0.1) is 10.3 Å². The van der Waals surface area contributed by atoms with Gasteiger partial charge in [0.25, 0.3) is 10.0 Å². The van der Waals surface area contributed by atoms with Gasteiger partial charge in [0.2, 0.25) is 0 Å². The lowest BCUT2D eigenvalue weighted by Crippen LogP contribution is -2.59. The van der Waals surface area contributed by atoms with Gasteiger partial charge < -0.3 is 14.5 Å². The quantitative estimate of drug-likeness (QED) is 0.535. The average molecular weight is 500 g/mol. The molecule has 0 radical (unpaired) electrons. The number of benzene rings is 1. The van der Waals surface area contributed by atoms with Crippen LogP contribution >= 0.6 is 0 Å². The van der Waals surface area contributed by atoms with Crippen LogP contribution < -0.4 is 4.90 Å². The second-order valence-electron chi connectivity index (χ2n) is 10.3. The number of aryl methyl sites for hydroxylation is 2. The molecule has 0 saturated carbocycles. The van der Waals surface area contributed by atoms with Crippen molar-refractivity contribution in [1.82, 2.24) is 18.8 Å². The highest BCUT2D eigenvalue weighted by Crippen LogP contribution is 2.33. The van der Waals surface area contributed by atoms with E-state index < -0.39 is 15.6 Å². The summed E-state index contributed by atoms with van der Waals surface area (Å²) in [5.41, 5.74) is 1.51. The highest BCUT2D eigenvalue weighted by atomic mass is 32.2. The van der Waals surface area contributed by atoms with Gasteiger partial charge >= 0.3 is 6.09 Å². The van der Waals surface area contributed by atoms with Crippen molar-refractivity contribution in [3.63, 3.8) is 0 Å². The summed E-state index contributed by atoms with van der Waals surface area (Å²) in [6, 6.07) is 6.58. The lowest BCUT2D eigenvalue weighted by Gasteiger charge is -2.44. The number of hydrogen-bond donors (Lipinski definition) is 0. The molecular formula is C25H33N5O4S. The molecule has 4 rings (SSSR count). The number of piperazine rings is 1. The summed E-state index contributed by atoms with van der Waals surface area (Å²) in [4.78, 5) is 25.7. The smallest absolute Gasteiger partial charge is 0.410 e. The van der Waals surface area contributed by atoms with Gasteiger partial charge in [-0.15, -0.1) is 0 Å². The van der Waals surface area contributed by atoms with Gasteiger partial charge in [-0.3, -0.25) is 0 Å². The minimum atomic E-state index is -3.83. The molecule has 1 aliphatic heterocycles. The molecule has 0 aliphatic carbocycles. The third kappa shape index (κ3) is 4.71. The molecule has 2 atom stereocenters. The molecule has 1 aromatic carbocycles. The third-order valence-corrected chi connectivity index (χ3v) is 7.85. The van der Waals surface area contributed by atoms with Crippen LogP contribution in [0.4, 0.5) is 10.6 Å². The molecule has 2 aromatic heterocycles. The molecule has 35 heavy (non-hydrogen) atoms. The first-order valence-corrected chi connectivity index (χ1v) is 13.1. The molecular weight excluding hydrogens is 466 g/mol. The number of nitrogens with zero attached hydrogens (tertiary/aromatic N) is 5. The third-order valence-electron chi connectivity index (χ3n) is 6.19. The molecule has 3 aromatic rings. The number of ether oxygens (including phenoxy) is 1. The topological polar surface area (TPSA) is 97.6 Å². The second-order valence-corrected chi connectivity index (χ2v) is 12.1. The lowest BCUT2D eigenvalue weighted by molar-refractivity contribution is 0.0130. The number of carbonyl (C=O) groups excluding carboxylic acids is 1. The molecule has 0 spiro atoms. The minimum absolute atomic E-state index is 0.0618. The Hall–Kier alpha value is -3.14. The summed E-state index contributed by atoms with van der Waals surface area (Å²) >= 11 is 0. The highest BCUT2D eigenvalue weighted by molar-refractivity contribution is 7.90. The summed E-state index contributed by atoms with van der Waals surface area (Å²) in [5.74, 6) is 0.661. The Bertz CT molecular complexity index is 1360. The zero-order valence-corrected chi connectivity index (χ0v) is 22.1. The SMILES string of the molecule is Cc1ccc(S(=O)(=O)n2cc(C)c3c(N4CC(C)N(C(=O)OC(C)(C)C)CC4C)ncnc32)cc1. The van der Waals surface area contributed by atoms with Gasteiger partial charge in [0.1, 0.15) is 17.7 Å². The zero-order valence-electron chi connectivity index (χ0n) is 21.3. The predicted octanol–water partition coefficient (Wildman–Crippen LogP) is 4.12. The van der Waals surface area contributed by atoms with Crippen LogP contribution in [0.25, 0.3) is 11.0 Å². The van der Waals surface area contributed by atoms with Crippen LogP contribution in [0.15, 0.2) is 41.7 Å². The van der Waals surface area contributed by atoms with Crippen molar-refractivity contribution in [2.45, 2.75) is 71.0 Å². The standard InChI is InChI=1S/C25H33N5O4S/c1-16-8-10-20(11-9-16)35(32,33)30-12-17(2)21-22(26-15-27-23(21)30)28-13-19(4)29(14-18(28)3)24(31)34-25(5,6)7/h8-12,15,18-19H,13-14H2,1-7H3. The summed E-state index contributed by atoms with van der Waals surface area (Å²) < 4.78 is 33.7. The van der Waals surface area contributed by atoms with Gasteiger partial charge in [0, 0.05) is 31.4 Å². The molecule has 1 saturated heterocycles. The van der Waals surface area contributed by atoms with Crippen molar-refractivity contribution in [1.29, 1.82) is 0 Å².